The lowest BCUT2D eigenvalue weighted by Gasteiger charge is -2.38. The van der Waals surface area contributed by atoms with Crippen LogP contribution >= 0.6 is 0 Å². The van der Waals surface area contributed by atoms with E-state index in [0.717, 1.165) is 6.54 Å². The van der Waals surface area contributed by atoms with Gasteiger partial charge in [-0.25, -0.2) is 4.79 Å². The summed E-state index contributed by atoms with van der Waals surface area (Å²) in [6.07, 6.45) is 0.114. The van der Waals surface area contributed by atoms with Gasteiger partial charge < -0.3 is 9.64 Å². The van der Waals surface area contributed by atoms with Gasteiger partial charge in [-0.15, -0.1) is 0 Å². The summed E-state index contributed by atoms with van der Waals surface area (Å²) in [5.41, 5.74) is 1.17. The van der Waals surface area contributed by atoms with Crippen molar-refractivity contribution in [1.82, 2.24) is 14.7 Å². The Kier molecular flexibility index (Phi) is 5.02. The maximum atomic E-state index is 12.7. The number of imide groups is 1. The Hall–Kier alpha value is -2.43. The molecule has 132 valence electrons. The SMILES string of the molecule is C[C@@H]1CN(CN2CC(=O)N(Cc3ccccc3C#N)C2=O)[C@H](C)CO1. The summed E-state index contributed by atoms with van der Waals surface area (Å²) >= 11 is 0. The summed E-state index contributed by atoms with van der Waals surface area (Å²) in [6.45, 7) is 6.03. The fourth-order valence-electron chi connectivity index (χ4n) is 3.19. The number of nitrogens with zero attached hydrogens (tertiary/aromatic N) is 4. The summed E-state index contributed by atoms with van der Waals surface area (Å²) in [5, 5.41) is 9.18. The number of hydrogen-bond acceptors (Lipinski definition) is 5. The highest BCUT2D eigenvalue weighted by Crippen LogP contribution is 2.19. The van der Waals surface area contributed by atoms with Crippen LogP contribution in [0.3, 0.4) is 0 Å². The quantitative estimate of drug-likeness (QED) is 0.773. The van der Waals surface area contributed by atoms with Crippen molar-refractivity contribution >= 4 is 11.9 Å². The van der Waals surface area contributed by atoms with E-state index >= 15 is 0 Å². The molecule has 2 fully saturated rings. The number of carbonyl (C=O) groups excluding carboxylic acids is 2. The Balaban J connectivity index is 1.69. The third-order valence-electron chi connectivity index (χ3n) is 4.68. The Morgan fingerprint density at radius 3 is 2.80 bits per heavy atom. The van der Waals surface area contributed by atoms with Crippen molar-refractivity contribution in [3.05, 3.63) is 35.4 Å². The van der Waals surface area contributed by atoms with Gasteiger partial charge in [-0.3, -0.25) is 14.6 Å². The topological polar surface area (TPSA) is 76.9 Å². The highest BCUT2D eigenvalue weighted by molar-refractivity contribution is 6.01. The van der Waals surface area contributed by atoms with Crippen LogP contribution in [0.4, 0.5) is 4.79 Å². The van der Waals surface area contributed by atoms with E-state index in [4.69, 9.17) is 4.74 Å². The molecule has 7 nitrogen and oxygen atoms in total. The first-order valence-electron chi connectivity index (χ1n) is 8.42. The second kappa shape index (κ2) is 7.21. The molecule has 0 bridgehead atoms. The fourth-order valence-corrected chi connectivity index (χ4v) is 3.19. The van der Waals surface area contributed by atoms with E-state index in [1.807, 2.05) is 6.92 Å². The number of carbonyl (C=O) groups is 2. The molecule has 0 spiro atoms. The second-order valence-electron chi connectivity index (χ2n) is 6.64. The second-order valence-corrected chi connectivity index (χ2v) is 6.64. The standard InChI is InChI=1S/C18H22N4O3/c1-13-11-25-14(2)8-20(13)12-21-10-17(23)22(18(21)24)9-16-6-4-3-5-15(16)7-19/h3-6,13-14H,8-12H2,1-2H3/t13-,14-/m1/s1. The molecule has 1 aromatic carbocycles. The molecule has 1 aromatic rings. The van der Waals surface area contributed by atoms with Gasteiger partial charge in [0.05, 0.1) is 37.6 Å². The van der Waals surface area contributed by atoms with Crippen molar-refractivity contribution < 1.29 is 14.3 Å². The highest BCUT2D eigenvalue weighted by atomic mass is 16.5. The average Bonchev–Trinajstić information content (AvgIpc) is 2.86. The summed E-state index contributed by atoms with van der Waals surface area (Å²) in [6, 6.07) is 9.03. The lowest BCUT2D eigenvalue weighted by Crippen LogP contribution is -2.52. The number of urea groups is 1. The molecule has 7 heteroatoms. The zero-order valence-corrected chi connectivity index (χ0v) is 14.5. The molecule has 0 radical (unpaired) electrons. The Morgan fingerprint density at radius 1 is 1.28 bits per heavy atom. The van der Waals surface area contributed by atoms with Crippen LogP contribution in [-0.4, -0.2) is 65.1 Å². The normalized spacial score (nSPS) is 24.7. The van der Waals surface area contributed by atoms with E-state index in [0.29, 0.717) is 24.4 Å². The number of rotatable bonds is 4. The predicted molar refractivity (Wildman–Crippen MR) is 90.3 cm³/mol. The molecule has 2 aliphatic heterocycles. The van der Waals surface area contributed by atoms with E-state index in [1.54, 1.807) is 29.2 Å². The van der Waals surface area contributed by atoms with Gasteiger partial charge in [0.2, 0.25) is 0 Å². The van der Waals surface area contributed by atoms with Crippen LogP contribution in [0.1, 0.15) is 25.0 Å². The molecule has 0 unspecified atom stereocenters. The van der Waals surface area contributed by atoms with Gasteiger partial charge in [-0.05, 0) is 25.5 Å². The lowest BCUT2D eigenvalue weighted by atomic mass is 10.1. The van der Waals surface area contributed by atoms with Gasteiger partial charge in [0.25, 0.3) is 5.91 Å². The van der Waals surface area contributed by atoms with Crippen molar-refractivity contribution in [2.75, 3.05) is 26.4 Å². The van der Waals surface area contributed by atoms with E-state index in [-0.39, 0.29) is 37.2 Å². The van der Waals surface area contributed by atoms with Gasteiger partial charge in [-0.2, -0.15) is 5.26 Å². The molecule has 3 rings (SSSR count). The van der Waals surface area contributed by atoms with Crippen LogP contribution in [0.25, 0.3) is 0 Å². The number of benzene rings is 1. The minimum absolute atomic E-state index is 0.0754. The van der Waals surface area contributed by atoms with Crippen LogP contribution in [0.15, 0.2) is 24.3 Å². The molecule has 2 atom stereocenters. The third-order valence-corrected chi connectivity index (χ3v) is 4.68. The number of hydrogen-bond donors (Lipinski definition) is 0. The number of nitriles is 1. The van der Waals surface area contributed by atoms with Crippen LogP contribution < -0.4 is 0 Å². The number of morpholine rings is 1. The maximum absolute atomic E-state index is 12.7. The maximum Gasteiger partial charge on any atom is 0.328 e. The Bertz CT molecular complexity index is 715. The zero-order valence-electron chi connectivity index (χ0n) is 14.5. The summed E-state index contributed by atoms with van der Waals surface area (Å²) in [4.78, 5) is 29.9. The van der Waals surface area contributed by atoms with Crippen molar-refractivity contribution in [1.29, 1.82) is 5.26 Å². The number of amides is 3. The Morgan fingerprint density at radius 2 is 2.04 bits per heavy atom. The summed E-state index contributed by atoms with van der Waals surface area (Å²) in [7, 11) is 0. The lowest BCUT2D eigenvalue weighted by molar-refractivity contribution is -0.126. The first-order valence-corrected chi connectivity index (χ1v) is 8.42. The molecule has 0 aliphatic carbocycles. The highest BCUT2D eigenvalue weighted by Gasteiger charge is 2.38. The van der Waals surface area contributed by atoms with Gasteiger partial charge in [0.15, 0.2) is 0 Å². The van der Waals surface area contributed by atoms with E-state index in [9.17, 15) is 14.9 Å². The van der Waals surface area contributed by atoms with E-state index in [1.165, 1.54) is 4.90 Å². The minimum Gasteiger partial charge on any atom is -0.376 e. The molecule has 2 heterocycles. The van der Waals surface area contributed by atoms with Gasteiger partial charge in [0.1, 0.15) is 6.54 Å². The van der Waals surface area contributed by atoms with E-state index in [2.05, 4.69) is 17.9 Å². The molecule has 3 amide bonds. The number of ether oxygens (including phenoxy) is 1. The molecular weight excluding hydrogens is 320 g/mol. The molecule has 0 N–H and O–H groups in total. The summed E-state index contributed by atoms with van der Waals surface area (Å²) in [5.74, 6) is -0.230. The predicted octanol–water partition coefficient (Wildman–Crippen LogP) is 1.39. The first-order chi connectivity index (χ1) is 12.0. The molecule has 25 heavy (non-hydrogen) atoms. The van der Waals surface area contributed by atoms with Crippen molar-refractivity contribution in [3.63, 3.8) is 0 Å². The smallest absolute Gasteiger partial charge is 0.328 e. The monoisotopic (exact) mass is 342 g/mol. The summed E-state index contributed by atoms with van der Waals surface area (Å²) < 4.78 is 5.61. The van der Waals surface area contributed by atoms with Gasteiger partial charge in [0, 0.05) is 12.6 Å². The molecule has 0 saturated carbocycles. The molecule has 0 aromatic heterocycles. The van der Waals surface area contributed by atoms with Crippen LogP contribution in [0.2, 0.25) is 0 Å². The fraction of sp³-hybridized carbons (Fsp3) is 0.500. The van der Waals surface area contributed by atoms with Crippen molar-refractivity contribution in [2.24, 2.45) is 0 Å². The van der Waals surface area contributed by atoms with Crippen LogP contribution in [-0.2, 0) is 16.1 Å². The average molecular weight is 342 g/mol. The first kappa shape index (κ1) is 17.4. The third kappa shape index (κ3) is 3.65. The molecule has 2 aliphatic rings. The van der Waals surface area contributed by atoms with Crippen molar-refractivity contribution in [3.8, 4) is 6.07 Å². The van der Waals surface area contributed by atoms with Crippen LogP contribution in [0, 0.1) is 11.3 Å². The van der Waals surface area contributed by atoms with E-state index < -0.39 is 0 Å². The molecule has 2 saturated heterocycles. The Labute approximate surface area is 147 Å². The minimum atomic E-state index is -0.302. The van der Waals surface area contributed by atoms with Crippen LogP contribution in [0.5, 0.6) is 0 Å². The largest absolute Gasteiger partial charge is 0.376 e. The molecular formula is C18H22N4O3. The van der Waals surface area contributed by atoms with Crippen molar-refractivity contribution in [2.45, 2.75) is 32.5 Å². The van der Waals surface area contributed by atoms with Gasteiger partial charge >= 0.3 is 6.03 Å². The van der Waals surface area contributed by atoms with Gasteiger partial charge in [-0.1, -0.05) is 18.2 Å². The zero-order chi connectivity index (χ0) is 18.0.